The molecule has 3 N–H and O–H groups in total. The fourth-order valence-corrected chi connectivity index (χ4v) is 5.29. The van der Waals surface area contributed by atoms with Gasteiger partial charge < -0.3 is 20.5 Å². The van der Waals surface area contributed by atoms with E-state index >= 15 is 0 Å². The highest BCUT2D eigenvalue weighted by Gasteiger charge is 2.52. The minimum absolute atomic E-state index is 0.0328. The molecular formula is C25H35FN4O4. The molecule has 4 atom stereocenters. The highest BCUT2D eigenvalue weighted by atomic mass is 19.1. The van der Waals surface area contributed by atoms with Crippen molar-refractivity contribution in [2.45, 2.75) is 76.6 Å². The third-order valence-corrected chi connectivity index (χ3v) is 6.89. The number of amides is 2. The maximum Gasteiger partial charge on any atom is 0.231 e. The summed E-state index contributed by atoms with van der Waals surface area (Å²) in [5.74, 6) is -0.148. The minimum atomic E-state index is -0.541. The van der Waals surface area contributed by atoms with Gasteiger partial charge in [-0.1, -0.05) is 6.07 Å². The molecule has 34 heavy (non-hydrogen) atoms. The first kappa shape index (κ1) is 24.4. The lowest BCUT2D eigenvalue weighted by Gasteiger charge is -2.38. The van der Waals surface area contributed by atoms with Crippen LogP contribution >= 0.6 is 0 Å². The van der Waals surface area contributed by atoms with E-state index in [9.17, 15) is 14.0 Å². The number of ether oxygens (including phenoxy) is 2. The fourth-order valence-electron chi connectivity index (χ4n) is 5.29. The maximum absolute atomic E-state index is 13.8. The second-order valence-electron chi connectivity index (χ2n) is 10.9. The summed E-state index contributed by atoms with van der Waals surface area (Å²) < 4.78 is 25.0. The van der Waals surface area contributed by atoms with Gasteiger partial charge in [0, 0.05) is 43.7 Å². The van der Waals surface area contributed by atoms with Crippen LogP contribution in [0.5, 0.6) is 5.75 Å². The highest BCUT2D eigenvalue weighted by molar-refractivity contribution is 5.99. The van der Waals surface area contributed by atoms with Gasteiger partial charge in [0.1, 0.15) is 17.2 Å². The van der Waals surface area contributed by atoms with Crippen LogP contribution in [0.3, 0.4) is 0 Å². The van der Waals surface area contributed by atoms with Gasteiger partial charge in [0.05, 0.1) is 18.0 Å². The van der Waals surface area contributed by atoms with Crippen molar-refractivity contribution in [2.24, 2.45) is 22.6 Å². The molecule has 3 aliphatic rings. The van der Waals surface area contributed by atoms with E-state index < -0.39 is 11.1 Å². The van der Waals surface area contributed by atoms with Crippen molar-refractivity contribution in [1.82, 2.24) is 10.2 Å². The third-order valence-electron chi connectivity index (χ3n) is 6.89. The number of halogens is 1. The molecule has 2 heterocycles. The predicted octanol–water partition coefficient (Wildman–Crippen LogP) is 2.91. The average Bonchev–Trinajstić information content (AvgIpc) is 3.48. The van der Waals surface area contributed by atoms with E-state index in [0.29, 0.717) is 31.6 Å². The van der Waals surface area contributed by atoms with Crippen molar-refractivity contribution in [3.8, 4) is 5.75 Å². The van der Waals surface area contributed by atoms with E-state index in [2.05, 4.69) is 10.3 Å². The monoisotopic (exact) mass is 474 g/mol. The van der Waals surface area contributed by atoms with Crippen molar-refractivity contribution in [2.75, 3.05) is 13.7 Å². The lowest BCUT2D eigenvalue weighted by Crippen LogP contribution is -2.55. The number of nitrogens with zero attached hydrogens (tertiary/aromatic N) is 2. The van der Waals surface area contributed by atoms with Gasteiger partial charge in [0.25, 0.3) is 0 Å². The summed E-state index contributed by atoms with van der Waals surface area (Å²) >= 11 is 0. The fraction of sp³-hybridized carbons (Fsp3) is 0.640. The van der Waals surface area contributed by atoms with Crippen LogP contribution < -0.4 is 15.8 Å². The molecule has 1 aromatic rings. The molecule has 1 aliphatic carbocycles. The Bertz CT molecular complexity index is 1010. The normalized spacial score (nSPS) is 27.8. The van der Waals surface area contributed by atoms with E-state index in [1.807, 2.05) is 27.7 Å². The summed E-state index contributed by atoms with van der Waals surface area (Å²) in [7, 11) is 1.61. The number of carbonyl (C=O) groups is 2. The molecule has 2 amide bonds. The van der Waals surface area contributed by atoms with Crippen molar-refractivity contribution < 1.29 is 23.5 Å². The number of rotatable bonds is 7. The number of nitrogens with two attached hydrogens (primary N) is 1. The largest absolute Gasteiger partial charge is 0.487 e. The van der Waals surface area contributed by atoms with E-state index in [0.717, 1.165) is 5.56 Å². The number of hydrogen-bond acceptors (Lipinski definition) is 6. The van der Waals surface area contributed by atoms with E-state index in [1.165, 1.54) is 12.1 Å². The molecule has 0 aromatic heterocycles. The van der Waals surface area contributed by atoms with Crippen molar-refractivity contribution in [3.63, 3.8) is 0 Å². The van der Waals surface area contributed by atoms with Gasteiger partial charge in [-0.15, -0.1) is 0 Å². The van der Waals surface area contributed by atoms with Gasteiger partial charge in [-0.3, -0.25) is 14.5 Å². The first-order valence-corrected chi connectivity index (χ1v) is 11.9. The molecule has 1 aromatic carbocycles. The molecule has 0 bridgehead atoms. The number of methoxy groups -OCH3 is 1. The Hall–Kier alpha value is -2.68. The number of hydrogen-bond donors (Lipinski definition) is 2. The summed E-state index contributed by atoms with van der Waals surface area (Å²) in [5, 5.41) is 3.15. The van der Waals surface area contributed by atoms with E-state index in [4.69, 9.17) is 15.2 Å². The van der Waals surface area contributed by atoms with Crippen LogP contribution in [-0.2, 0) is 14.3 Å². The molecule has 0 radical (unpaired) electrons. The van der Waals surface area contributed by atoms with Crippen LogP contribution in [0.2, 0.25) is 0 Å². The van der Waals surface area contributed by atoms with E-state index in [1.54, 1.807) is 18.1 Å². The van der Waals surface area contributed by atoms with Crippen LogP contribution in [0.15, 0.2) is 23.2 Å². The van der Waals surface area contributed by atoms with Crippen molar-refractivity contribution in [3.05, 3.63) is 29.6 Å². The number of benzene rings is 1. The standard InChI is InChI=1S/C25H35FN4O4/c1-24(2)13-21(31)30(23(27)29-24)19(8-9-33-5)16-11-17(16)22(32)28-18-12-25(3,4)34-20-10-14(26)6-7-15(18)20/h6-7,10,16-19H,8-9,11-13H2,1-5H3,(H2,27,29)(H,28,32)/t16?,17-,18?,19-/m1/s1. The van der Waals surface area contributed by atoms with Gasteiger partial charge >= 0.3 is 0 Å². The molecule has 2 unspecified atom stereocenters. The quantitative estimate of drug-likeness (QED) is 0.632. The Morgan fingerprint density at radius 2 is 2.12 bits per heavy atom. The van der Waals surface area contributed by atoms with E-state index in [-0.39, 0.29) is 53.9 Å². The number of nitrogens with one attached hydrogen (secondary N) is 1. The van der Waals surface area contributed by atoms with Crippen molar-refractivity contribution >= 4 is 17.8 Å². The van der Waals surface area contributed by atoms with Gasteiger partial charge in [0.2, 0.25) is 11.8 Å². The van der Waals surface area contributed by atoms with Crippen LogP contribution in [0.25, 0.3) is 0 Å². The zero-order valence-electron chi connectivity index (χ0n) is 20.6. The zero-order chi connectivity index (χ0) is 24.8. The molecule has 1 fully saturated rings. The molecule has 0 spiro atoms. The van der Waals surface area contributed by atoms with Gasteiger partial charge in [-0.05, 0) is 52.5 Å². The lowest BCUT2D eigenvalue weighted by molar-refractivity contribution is -0.132. The third kappa shape index (κ3) is 5.04. The Morgan fingerprint density at radius 3 is 2.79 bits per heavy atom. The highest BCUT2D eigenvalue weighted by Crippen LogP contribution is 2.47. The average molecular weight is 475 g/mol. The molecule has 1 saturated carbocycles. The lowest BCUT2D eigenvalue weighted by atomic mass is 9.89. The summed E-state index contributed by atoms with van der Waals surface area (Å²) in [5.41, 5.74) is 5.91. The SMILES string of the molecule is COCC[C@H](C1C[C@H]1C(=O)NC1CC(C)(C)Oc2cc(F)ccc21)N1C(=O)CC(C)(C)N=C1N. The number of carbonyl (C=O) groups excluding carboxylic acids is 2. The summed E-state index contributed by atoms with van der Waals surface area (Å²) in [4.78, 5) is 32.3. The molecule has 0 saturated heterocycles. The molecular weight excluding hydrogens is 439 g/mol. The maximum atomic E-state index is 13.8. The van der Waals surface area contributed by atoms with Crippen LogP contribution in [0, 0.1) is 17.7 Å². The summed E-state index contributed by atoms with van der Waals surface area (Å²) in [6.45, 7) is 8.05. The van der Waals surface area contributed by atoms with Gasteiger partial charge in [-0.2, -0.15) is 0 Å². The number of guanidine groups is 1. The predicted molar refractivity (Wildman–Crippen MR) is 126 cm³/mol. The van der Waals surface area contributed by atoms with Crippen LogP contribution in [-0.4, -0.2) is 53.6 Å². The molecule has 9 heteroatoms. The Balaban J connectivity index is 1.50. The second-order valence-corrected chi connectivity index (χ2v) is 10.9. The molecule has 4 rings (SSSR count). The Morgan fingerprint density at radius 1 is 1.38 bits per heavy atom. The molecule has 8 nitrogen and oxygen atoms in total. The first-order valence-electron chi connectivity index (χ1n) is 11.9. The van der Waals surface area contributed by atoms with Crippen LogP contribution in [0.4, 0.5) is 4.39 Å². The number of fused-ring (bicyclic) bond motifs is 1. The first-order chi connectivity index (χ1) is 15.9. The number of aliphatic imine (C=N–C) groups is 1. The smallest absolute Gasteiger partial charge is 0.231 e. The second kappa shape index (κ2) is 8.83. The Labute approximate surface area is 200 Å². The molecule has 186 valence electrons. The van der Waals surface area contributed by atoms with Gasteiger partial charge in [0.15, 0.2) is 5.96 Å². The topological polar surface area (TPSA) is 106 Å². The zero-order valence-corrected chi connectivity index (χ0v) is 20.6. The van der Waals surface area contributed by atoms with Crippen LogP contribution in [0.1, 0.15) is 65.0 Å². The van der Waals surface area contributed by atoms with Crippen molar-refractivity contribution in [1.29, 1.82) is 0 Å². The molecule has 2 aliphatic heterocycles. The Kier molecular flexibility index (Phi) is 6.35. The van der Waals surface area contributed by atoms with Gasteiger partial charge in [-0.25, -0.2) is 9.38 Å². The minimum Gasteiger partial charge on any atom is -0.487 e. The summed E-state index contributed by atoms with van der Waals surface area (Å²) in [6, 6.07) is 3.88. The summed E-state index contributed by atoms with van der Waals surface area (Å²) in [6.07, 6.45) is 2.07.